The quantitative estimate of drug-likeness (QED) is 0.532. The van der Waals surface area contributed by atoms with Crippen molar-refractivity contribution < 1.29 is 22.7 Å². The average molecular weight is 434 g/mol. The molecule has 29 heavy (non-hydrogen) atoms. The number of amides is 1. The molecule has 8 nitrogen and oxygen atoms in total. The molecule has 1 heterocycles. The average Bonchev–Trinajstić information content (AvgIpc) is 2.96. The lowest BCUT2D eigenvalue weighted by atomic mass is 10.2. The smallest absolute Gasteiger partial charge is 0.331 e. The van der Waals surface area contributed by atoms with Gasteiger partial charge in [-0.2, -0.15) is 0 Å². The molecule has 152 valence electrons. The number of esters is 1. The largest absolute Gasteiger partial charge is 0.454 e. The minimum atomic E-state index is -3.69. The molecular formula is C19H19N3O5S2. The number of hydrogen-bond donors (Lipinski definition) is 2. The first-order valence-corrected chi connectivity index (χ1v) is 11.3. The van der Waals surface area contributed by atoms with Crippen molar-refractivity contribution in [3.05, 3.63) is 54.1 Å². The molecule has 1 atom stereocenters. The van der Waals surface area contributed by atoms with Gasteiger partial charge in [0.25, 0.3) is 15.9 Å². The highest BCUT2D eigenvalue weighted by Gasteiger charge is 2.31. The number of hydrogen-bond acceptors (Lipinski definition) is 7. The summed E-state index contributed by atoms with van der Waals surface area (Å²) in [6.45, 7) is 0.990. The van der Waals surface area contributed by atoms with E-state index in [2.05, 4.69) is 15.0 Å². The number of aliphatic imine (C=N–C) groups is 1. The molecule has 0 spiro atoms. The fourth-order valence-electron chi connectivity index (χ4n) is 2.63. The molecule has 3 rings (SSSR count). The summed E-state index contributed by atoms with van der Waals surface area (Å²) in [5.41, 5.74) is 0.988. The summed E-state index contributed by atoms with van der Waals surface area (Å²) >= 11 is 1.54. The first-order chi connectivity index (χ1) is 13.8. The fourth-order valence-corrected chi connectivity index (χ4v) is 4.33. The number of ether oxygens (including phenoxy) is 1. The summed E-state index contributed by atoms with van der Waals surface area (Å²) in [6, 6.07) is 12.6. The van der Waals surface area contributed by atoms with Crippen LogP contribution in [0.25, 0.3) is 0 Å². The Balaban J connectivity index is 1.60. The Hall–Kier alpha value is -2.85. The molecule has 1 amide bonds. The number of carbonyl (C=O) groups is 2. The molecule has 1 aliphatic heterocycles. The third kappa shape index (κ3) is 4.96. The third-order valence-corrected chi connectivity index (χ3v) is 6.15. The molecule has 1 aliphatic rings. The van der Waals surface area contributed by atoms with Crippen LogP contribution in [0.5, 0.6) is 0 Å². The molecule has 10 heteroatoms. The van der Waals surface area contributed by atoms with Crippen molar-refractivity contribution in [2.45, 2.75) is 22.8 Å². The Morgan fingerprint density at radius 2 is 1.97 bits per heavy atom. The molecule has 2 N–H and O–H groups in total. The first kappa shape index (κ1) is 20.9. The highest BCUT2D eigenvalue weighted by molar-refractivity contribution is 7.98. The van der Waals surface area contributed by atoms with E-state index in [0.29, 0.717) is 11.3 Å². The van der Waals surface area contributed by atoms with E-state index in [9.17, 15) is 18.0 Å². The molecule has 1 unspecified atom stereocenters. The Labute approximate surface area is 172 Å². The number of nitrogens with one attached hydrogen (secondary N) is 2. The van der Waals surface area contributed by atoms with Crippen LogP contribution in [0, 0.1) is 0 Å². The zero-order valence-corrected chi connectivity index (χ0v) is 17.3. The van der Waals surface area contributed by atoms with E-state index in [4.69, 9.17) is 4.74 Å². The van der Waals surface area contributed by atoms with Crippen molar-refractivity contribution >= 4 is 45.2 Å². The number of benzene rings is 2. The molecular weight excluding hydrogens is 414 g/mol. The minimum absolute atomic E-state index is 0.0726. The molecule has 0 saturated carbocycles. The van der Waals surface area contributed by atoms with Gasteiger partial charge in [0.05, 0.1) is 4.90 Å². The van der Waals surface area contributed by atoms with Crippen LogP contribution in [-0.4, -0.2) is 45.0 Å². The third-order valence-electron chi connectivity index (χ3n) is 4.03. The van der Waals surface area contributed by atoms with Crippen LogP contribution in [0.3, 0.4) is 0 Å². The van der Waals surface area contributed by atoms with E-state index < -0.39 is 34.5 Å². The van der Waals surface area contributed by atoms with Crippen LogP contribution >= 0.6 is 11.8 Å². The van der Waals surface area contributed by atoms with Crippen LogP contribution < -0.4 is 10.0 Å². The number of thioether (sulfide) groups is 1. The molecule has 0 bridgehead atoms. The van der Waals surface area contributed by atoms with Gasteiger partial charge in [-0.3, -0.25) is 14.5 Å². The summed E-state index contributed by atoms with van der Waals surface area (Å²) in [6.07, 6.45) is 1.93. The van der Waals surface area contributed by atoms with Gasteiger partial charge in [0, 0.05) is 16.1 Å². The van der Waals surface area contributed by atoms with Crippen LogP contribution in [0.1, 0.15) is 12.5 Å². The van der Waals surface area contributed by atoms with Gasteiger partial charge in [0.15, 0.2) is 6.61 Å². The zero-order chi connectivity index (χ0) is 21.0. The molecule has 0 aliphatic carbocycles. The topological polar surface area (TPSA) is 114 Å². The standard InChI is InChI=1S/C19H19N3O5S2/c1-12(20-18-15-8-3-4-9-16(15)29(25,26)22-18)19(24)27-11-17(23)21-13-6-5-7-14(10-13)28-2/h3-10,12H,11H2,1-2H3,(H,20,22)(H,21,23). The van der Waals surface area contributed by atoms with Gasteiger partial charge in [-0.1, -0.05) is 18.2 Å². The van der Waals surface area contributed by atoms with Crippen molar-refractivity contribution in [1.29, 1.82) is 0 Å². The van der Waals surface area contributed by atoms with Gasteiger partial charge in [-0.05, 0) is 43.5 Å². The fraction of sp³-hybridized carbons (Fsp3) is 0.211. The van der Waals surface area contributed by atoms with Crippen molar-refractivity contribution in [2.24, 2.45) is 4.99 Å². The number of carbonyl (C=O) groups excluding carboxylic acids is 2. The number of nitrogens with zero attached hydrogens (tertiary/aromatic N) is 1. The predicted molar refractivity (Wildman–Crippen MR) is 111 cm³/mol. The molecule has 0 radical (unpaired) electrons. The van der Waals surface area contributed by atoms with E-state index >= 15 is 0 Å². The maximum atomic E-state index is 12.2. The Morgan fingerprint density at radius 1 is 1.21 bits per heavy atom. The van der Waals surface area contributed by atoms with Crippen molar-refractivity contribution in [3.63, 3.8) is 0 Å². The summed E-state index contributed by atoms with van der Waals surface area (Å²) in [4.78, 5) is 29.4. The number of anilines is 1. The van der Waals surface area contributed by atoms with E-state index in [1.54, 1.807) is 36.0 Å². The normalized spacial score (nSPS) is 16.6. The highest BCUT2D eigenvalue weighted by atomic mass is 32.2. The monoisotopic (exact) mass is 433 g/mol. The molecule has 0 saturated heterocycles. The summed E-state index contributed by atoms with van der Waals surface area (Å²) < 4.78 is 31.5. The predicted octanol–water partition coefficient (Wildman–Crippen LogP) is 2.02. The van der Waals surface area contributed by atoms with Crippen LogP contribution in [-0.2, 0) is 24.3 Å². The number of sulfonamides is 1. The lowest BCUT2D eigenvalue weighted by Gasteiger charge is -2.10. The number of rotatable bonds is 6. The molecule has 0 fully saturated rings. The zero-order valence-electron chi connectivity index (χ0n) is 15.7. The Bertz CT molecular complexity index is 1080. The van der Waals surface area contributed by atoms with Crippen molar-refractivity contribution in [2.75, 3.05) is 18.2 Å². The van der Waals surface area contributed by atoms with Crippen molar-refractivity contribution in [1.82, 2.24) is 4.72 Å². The lowest BCUT2D eigenvalue weighted by Crippen LogP contribution is -2.28. The second kappa shape index (κ2) is 8.66. The Morgan fingerprint density at radius 3 is 2.72 bits per heavy atom. The maximum absolute atomic E-state index is 12.2. The van der Waals surface area contributed by atoms with E-state index in [1.165, 1.54) is 13.0 Å². The van der Waals surface area contributed by atoms with E-state index in [-0.39, 0.29) is 10.7 Å². The molecule has 2 aromatic rings. The second-order valence-electron chi connectivity index (χ2n) is 6.14. The van der Waals surface area contributed by atoms with Crippen LogP contribution in [0.2, 0.25) is 0 Å². The van der Waals surface area contributed by atoms with Gasteiger partial charge in [0.2, 0.25) is 0 Å². The summed E-state index contributed by atoms with van der Waals surface area (Å²) in [7, 11) is -3.69. The Kier molecular flexibility index (Phi) is 6.23. The van der Waals surface area contributed by atoms with Gasteiger partial charge < -0.3 is 10.1 Å². The molecule has 0 aromatic heterocycles. The van der Waals surface area contributed by atoms with Crippen LogP contribution in [0.15, 0.2) is 63.3 Å². The second-order valence-corrected chi connectivity index (χ2v) is 8.67. The SMILES string of the molecule is CSc1cccc(NC(=O)COC(=O)C(C)N=C2NS(=O)(=O)c3ccccc32)c1. The van der Waals surface area contributed by atoms with Crippen molar-refractivity contribution in [3.8, 4) is 0 Å². The number of fused-ring (bicyclic) bond motifs is 1. The lowest BCUT2D eigenvalue weighted by molar-refractivity contribution is -0.148. The molecule has 2 aromatic carbocycles. The number of amidine groups is 1. The van der Waals surface area contributed by atoms with Gasteiger partial charge >= 0.3 is 5.97 Å². The maximum Gasteiger partial charge on any atom is 0.331 e. The summed E-state index contributed by atoms with van der Waals surface area (Å²) in [5.74, 6) is -1.15. The van der Waals surface area contributed by atoms with Crippen LogP contribution in [0.4, 0.5) is 5.69 Å². The first-order valence-electron chi connectivity index (χ1n) is 8.61. The van der Waals surface area contributed by atoms with Gasteiger partial charge in [-0.15, -0.1) is 11.8 Å². The minimum Gasteiger partial charge on any atom is -0.454 e. The van der Waals surface area contributed by atoms with E-state index in [0.717, 1.165) is 4.90 Å². The summed E-state index contributed by atoms with van der Waals surface area (Å²) in [5, 5.41) is 2.65. The van der Waals surface area contributed by atoms with Gasteiger partial charge in [-0.25, -0.2) is 13.2 Å². The highest BCUT2D eigenvalue weighted by Crippen LogP contribution is 2.22. The van der Waals surface area contributed by atoms with E-state index in [1.807, 2.05) is 24.5 Å². The van der Waals surface area contributed by atoms with Gasteiger partial charge in [0.1, 0.15) is 11.9 Å².